The van der Waals surface area contributed by atoms with E-state index >= 15 is 0 Å². The van der Waals surface area contributed by atoms with Crippen molar-refractivity contribution >= 4 is 11.9 Å². The highest BCUT2D eigenvalue weighted by molar-refractivity contribution is 5.84. The number of hydrogen-bond donors (Lipinski definition) is 1. The molecule has 1 unspecified atom stereocenters. The van der Waals surface area contributed by atoms with Crippen LogP contribution >= 0.6 is 0 Å². The Labute approximate surface area is 114 Å². The molecule has 0 aliphatic heterocycles. The monoisotopic (exact) mass is 263 g/mol. The quantitative estimate of drug-likeness (QED) is 0.799. The maximum atomic E-state index is 11.7. The summed E-state index contributed by atoms with van der Waals surface area (Å²) in [6, 6.07) is 7.37. The van der Waals surface area contributed by atoms with Gasteiger partial charge in [-0.1, -0.05) is 24.3 Å². The molecule has 0 saturated heterocycles. The lowest BCUT2D eigenvalue weighted by molar-refractivity contribution is -0.146. The van der Waals surface area contributed by atoms with Crippen molar-refractivity contribution < 1.29 is 14.3 Å². The minimum atomic E-state index is -0.593. The van der Waals surface area contributed by atoms with Crippen LogP contribution in [0, 0.1) is 6.92 Å². The van der Waals surface area contributed by atoms with E-state index in [0.29, 0.717) is 19.4 Å². The third-order valence-electron chi connectivity index (χ3n) is 2.90. The van der Waals surface area contributed by atoms with E-state index in [-0.39, 0.29) is 5.91 Å². The lowest BCUT2D eigenvalue weighted by atomic mass is 10.0. The number of aryl methyl sites for hydroxylation is 2. The average molecular weight is 263 g/mol. The fourth-order valence-electron chi connectivity index (χ4n) is 1.78. The molecule has 104 valence electrons. The van der Waals surface area contributed by atoms with Crippen molar-refractivity contribution in [3.05, 3.63) is 35.4 Å². The molecule has 0 bridgehead atoms. The third-order valence-corrected chi connectivity index (χ3v) is 2.90. The highest BCUT2D eigenvalue weighted by Crippen LogP contribution is 2.09. The summed E-state index contributed by atoms with van der Waals surface area (Å²) in [4.78, 5) is 23.1. The summed E-state index contributed by atoms with van der Waals surface area (Å²) < 4.78 is 4.83. The Bertz CT molecular complexity index is 443. The summed E-state index contributed by atoms with van der Waals surface area (Å²) in [6.45, 7) is 5.71. The molecule has 0 aliphatic carbocycles. The molecule has 1 amide bonds. The number of nitrogens with one attached hydrogen (secondary N) is 1. The number of esters is 1. The molecule has 0 spiro atoms. The van der Waals surface area contributed by atoms with Crippen molar-refractivity contribution in [2.75, 3.05) is 6.61 Å². The Morgan fingerprint density at radius 1 is 1.32 bits per heavy atom. The second kappa shape index (κ2) is 7.56. The van der Waals surface area contributed by atoms with E-state index in [1.165, 1.54) is 5.56 Å². The molecule has 0 saturated carbocycles. The number of carbonyl (C=O) groups is 2. The first-order valence-electron chi connectivity index (χ1n) is 6.55. The molecule has 4 nitrogen and oxygen atoms in total. The molecule has 1 N–H and O–H groups in total. The van der Waals surface area contributed by atoms with Gasteiger partial charge in [0.15, 0.2) is 0 Å². The maximum Gasteiger partial charge on any atom is 0.328 e. The predicted molar refractivity (Wildman–Crippen MR) is 73.7 cm³/mol. The molecule has 0 aromatic heterocycles. The first-order chi connectivity index (χ1) is 9.04. The highest BCUT2D eigenvalue weighted by atomic mass is 16.5. The van der Waals surface area contributed by atoms with Crippen molar-refractivity contribution in [2.45, 2.75) is 39.7 Å². The van der Waals surface area contributed by atoms with Crippen molar-refractivity contribution in [1.29, 1.82) is 0 Å². The molecule has 19 heavy (non-hydrogen) atoms. The van der Waals surface area contributed by atoms with Gasteiger partial charge >= 0.3 is 5.97 Å². The van der Waals surface area contributed by atoms with E-state index in [1.807, 2.05) is 31.2 Å². The minimum absolute atomic E-state index is 0.135. The van der Waals surface area contributed by atoms with Crippen LogP contribution in [0.1, 0.15) is 31.4 Å². The summed E-state index contributed by atoms with van der Waals surface area (Å²) in [5, 5.41) is 2.64. The molecular formula is C15H21NO3. The van der Waals surface area contributed by atoms with Crippen LogP contribution in [0.25, 0.3) is 0 Å². The van der Waals surface area contributed by atoms with Gasteiger partial charge in [0, 0.05) is 6.42 Å². The fraction of sp³-hybridized carbons (Fsp3) is 0.467. The number of carbonyl (C=O) groups excluding carboxylic acids is 2. The SMILES string of the molecule is CCOC(=O)C(C)NC(=O)CCc1ccccc1C. The Morgan fingerprint density at radius 3 is 2.63 bits per heavy atom. The molecule has 4 heteroatoms. The summed E-state index contributed by atoms with van der Waals surface area (Å²) >= 11 is 0. The Kier molecular flexibility index (Phi) is 6.06. The predicted octanol–water partition coefficient (Wildman–Crippen LogP) is 2.00. The van der Waals surface area contributed by atoms with Crippen LogP contribution in [-0.4, -0.2) is 24.5 Å². The van der Waals surface area contributed by atoms with Gasteiger partial charge in [-0.2, -0.15) is 0 Å². The number of ether oxygens (including phenoxy) is 1. The second-order valence-electron chi connectivity index (χ2n) is 4.47. The maximum absolute atomic E-state index is 11.7. The second-order valence-corrected chi connectivity index (χ2v) is 4.47. The molecule has 0 heterocycles. The smallest absolute Gasteiger partial charge is 0.328 e. The third kappa shape index (κ3) is 5.12. The van der Waals surface area contributed by atoms with Crippen molar-refractivity contribution in [1.82, 2.24) is 5.32 Å². The molecule has 1 rings (SSSR count). The lowest BCUT2D eigenvalue weighted by Crippen LogP contribution is -2.39. The zero-order chi connectivity index (χ0) is 14.3. The molecule has 0 fully saturated rings. The van der Waals surface area contributed by atoms with E-state index in [9.17, 15) is 9.59 Å². The van der Waals surface area contributed by atoms with Gasteiger partial charge in [-0.05, 0) is 38.3 Å². The molecule has 1 aromatic carbocycles. The zero-order valence-corrected chi connectivity index (χ0v) is 11.7. The number of hydrogen-bond acceptors (Lipinski definition) is 3. The summed E-state index contributed by atoms with van der Waals surface area (Å²) in [7, 11) is 0. The standard InChI is InChI=1S/C15H21NO3/c1-4-19-15(18)12(3)16-14(17)10-9-13-8-6-5-7-11(13)2/h5-8,12H,4,9-10H2,1-3H3,(H,16,17). The van der Waals surface area contributed by atoms with Gasteiger partial charge in [0.25, 0.3) is 0 Å². The van der Waals surface area contributed by atoms with Gasteiger partial charge in [0.1, 0.15) is 6.04 Å². The minimum Gasteiger partial charge on any atom is -0.464 e. The van der Waals surface area contributed by atoms with Crippen LogP contribution < -0.4 is 5.32 Å². The number of amides is 1. The lowest BCUT2D eigenvalue weighted by Gasteiger charge is -2.12. The van der Waals surface area contributed by atoms with Crippen LogP contribution in [0.3, 0.4) is 0 Å². The van der Waals surface area contributed by atoms with Crippen LogP contribution in [0.15, 0.2) is 24.3 Å². The van der Waals surface area contributed by atoms with Gasteiger partial charge in [0.2, 0.25) is 5.91 Å². The van der Waals surface area contributed by atoms with Crippen LogP contribution in [0.5, 0.6) is 0 Å². The van der Waals surface area contributed by atoms with E-state index in [0.717, 1.165) is 5.56 Å². The van der Waals surface area contributed by atoms with Crippen molar-refractivity contribution in [3.8, 4) is 0 Å². The van der Waals surface area contributed by atoms with Gasteiger partial charge in [-0.25, -0.2) is 4.79 Å². The van der Waals surface area contributed by atoms with Gasteiger partial charge < -0.3 is 10.1 Å². The number of rotatable bonds is 6. The number of benzene rings is 1. The molecule has 0 radical (unpaired) electrons. The topological polar surface area (TPSA) is 55.4 Å². The fourth-order valence-corrected chi connectivity index (χ4v) is 1.78. The van der Waals surface area contributed by atoms with E-state index in [2.05, 4.69) is 5.32 Å². The summed E-state index contributed by atoms with van der Waals surface area (Å²) in [5.41, 5.74) is 2.33. The van der Waals surface area contributed by atoms with Crippen LogP contribution in [0.2, 0.25) is 0 Å². The van der Waals surface area contributed by atoms with E-state index in [1.54, 1.807) is 13.8 Å². The summed E-state index contributed by atoms with van der Waals surface area (Å²) in [6.07, 6.45) is 1.04. The van der Waals surface area contributed by atoms with Gasteiger partial charge in [0.05, 0.1) is 6.61 Å². The molecular weight excluding hydrogens is 242 g/mol. The largest absolute Gasteiger partial charge is 0.464 e. The van der Waals surface area contributed by atoms with E-state index < -0.39 is 12.0 Å². The van der Waals surface area contributed by atoms with Gasteiger partial charge in [-0.3, -0.25) is 4.79 Å². The molecule has 0 aliphatic rings. The van der Waals surface area contributed by atoms with Crippen LogP contribution in [-0.2, 0) is 20.7 Å². The average Bonchev–Trinajstić information content (AvgIpc) is 2.38. The van der Waals surface area contributed by atoms with Crippen LogP contribution in [0.4, 0.5) is 0 Å². The highest BCUT2D eigenvalue weighted by Gasteiger charge is 2.16. The molecule has 1 aromatic rings. The normalized spacial score (nSPS) is 11.7. The first kappa shape index (κ1) is 15.2. The van der Waals surface area contributed by atoms with E-state index in [4.69, 9.17) is 4.74 Å². The zero-order valence-electron chi connectivity index (χ0n) is 11.7. The summed E-state index contributed by atoms with van der Waals surface area (Å²) in [5.74, 6) is -0.532. The first-order valence-corrected chi connectivity index (χ1v) is 6.55. The van der Waals surface area contributed by atoms with Gasteiger partial charge in [-0.15, -0.1) is 0 Å². The Hall–Kier alpha value is -1.84. The van der Waals surface area contributed by atoms with Crippen molar-refractivity contribution in [2.24, 2.45) is 0 Å². The molecule has 1 atom stereocenters. The Balaban J connectivity index is 2.40. The Morgan fingerprint density at radius 2 is 2.00 bits per heavy atom. The van der Waals surface area contributed by atoms with Crippen molar-refractivity contribution in [3.63, 3.8) is 0 Å².